The standard InChI is InChI=1S/C17H16FN3/c1-11-8-13(6-7-15(11)18)17(21-19)14-9-12-4-2-3-5-16(12)20-10-14/h2-10,17,21H,19H2,1H3. The summed E-state index contributed by atoms with van der Waals surface area (Å²) in [7, 11) is 0. The van der Waals surface area contributed by atoms with Gasteiger partial charge in [-0.25, -0.2) is 9.82 Å². The average molecular weight is 281 g/mol. The Morgan fingerprint density at radius 2 is 1.90 bits per heavy atom. The first-order valence-electron chi connectivity index (χ1n) is 6.76. The third-order valence-corrected chi connectivity index (χ3v) is 3.63. The predicted molar refractivity (Wildman–Crippen MR) is 82.0 cm³/mol. The Labute approximate surface area is 122 Å². The molecule has 2 aromatic carbocycles. The highest BCUT2D eigenvalue weighted by atomic mass is 19.1. The lowest BCUT2D eigenvalue weighted by atomic mass is 9.98. The van der Waals surface area contributed by atoms with E-state index in [1.165, 1.54) is 6.07 Å². The predicted octanol–water partition coefficient (Wildman–Crippen LogP) is 3.24. The Balaban J connectivity index is 2.06. The normalized spacial score (nSPS) is 12.5. The average Bonchev–Trinajstić information content (AvgIpc) is 2.51. The van der Waals surface area contributed by atoms with Crippen molar-refractivity contribution >= 4 is 10.9 Å². The molecule has 1 atom stereocenters. The molecule has 0 bridgehead atoms. The van der Waals surface area contributed by atoms with Crippen LogP contribution in [0.5, 0.6) is 0 Å². The zero-order chi connectivity index (χ0) is 14.8. The van der Waals surface area contributed by atoms with E-state index in [0.29, 0.717) is 5.56 Å². The molecule has 0 saturated carbocycles. The number of nitrogens with zero attached hydrogens (tertiary/aromatic N) is 1. The molecule has 0 aliphatic carbocycles. The fourth-order valence-electron chi connectivity index (χ4n) is 2.48. The molecule has 1 unspecified atom stereocenters. The number of aryl methyl sites for hydroxylation is 1. The largest absolute Gasteiger partial charge is 0.271 e. The number of halogens is 1. The summed E-state index contributed by atoms with van der Waals surface area (Å²) in [6, 6.07) is 14.7. The Kier molecular flexibility index (Phi) is 3.64. The maximum absolute atomic E-state index is 13.4. The number of nitrogens with one attached hydrogen (secondary N) is 1. The van der Waals surface area contributed by atoms with Crippen molar-refractivity contribution in [1.29, 1.82) is 0 Å². The smallest absolute Gasteiger partial charge is 0.126 e. The maximum atomic E-state index is 13.4. The Morgan fingerprint density at radius 3 is 2.67 bits per heavy atom. The molecule has 0 fully saturated rings. The van der Waals surface area contributed by atoms with Gasteiger partial charge < -0.3 is 0 Å². The van der Waals surface area contributed by atoms with Crippen LogP contribution >= 0.6 is 0 Å². The van der Waals surface area contributed by atoms with E-state index >= 15 is 0 Å². The highest BCUT2D eigenvalue weighted by Crippen LogP contribution is 2.25. The number of benzene rings is 2. The van der Waals surface area contributed by atoms with E-state index in [1.54, 1.807) is 25.3 Å². The Morgan fingerprint density at radius 1 is 1.10 bits per heavy atom. The number of rotatable bonds is 3. The molecule has 3 N–H and O–H groups in total. The first-order valence-corrected chi connectivity index (χ1v) is 6.76. The summed E-state index contributed by atoms with van der Waals surface area (Å²) in [5.74, 6) is 5.48. The second-order valence-corrected chi connectivity index (χ2v) is 5.07. The third kappa shape index (κ3) is 2.63. The SMILES string of the molecule is Cc1cc(C(NN)c2cnc3ccccc3c2)ccc1F. The molecule has 4 heteroatoms. The monoisotopic (exact) mass is 281 g/mol. The molecule has 0 aliphatic heterocycles. The van der Waals surface area contributed by atoms with Crippen molar-refractivity contribution in [3.8, 4) is 0 Å². The number of fused-ring (bicyclic) bond motifs is 1. The van der Waals surface area contributed by atoms with E-state index < -0.39 is 0 Å². The van der Waals surface area contributed by atoms with Crippen molar-refractivity contribution in [3.05, 3.63) is 77.2 Å². The lowest BCUT2D eigenvalue weighted by Gasteiger charge is -2.17. The van der Waals surface area contributed by atoms with Crippen molar-refractivity contribution in [1.82, 2.24) is 10.4 Å². The minimum Gasteiger partial charge on any atom is -0.271 e. The van der Waals surface area contributed by atoms with Crippen molar-refractivity contribution < 1.29 is 4.39 Å². The summed E-state index contributed by atoms with van der Waals surface area (Å²) in [4.78, 5) is 4.45. The van der Waals surface area contributed by atoms with Crippen LogP contribution in [0.4, 0.5) is 4.39 Å². The van der Waals surface area contributed by atoms with Crippen molar-refractivity contribution in [2.24, 2.45) is 5.84 Å². The zero-order valence-corrected chi connectivity index (χ0v) is 11.7. The molecule has 0 spiro atoms. The van der Waals surface area contributed by atoms with Crippen molar-refractivity contribution in [2.75, 3.05) is 0 Å². The number of hydrogen-bond acceptors (Lipinski definition) is 3. The van der Waals surface area contributed by atoms with Gasteiger partial charge in [0.05, 0.1) is 11.6 Å². The molecular weight excluding hydrogens is 265 g/mol. The molecule has 106 valence electrons. The van der Waals surface area contributed by atoms with Gasteiger partial charge in [-0.3, -0.25) is 10.8 Å². The molecule has 3 nitrogen and oxygen atoms in total. The number of para-hydroxylation sites is 1. The van der Waals surface area contributed by atoms with Crippen LogP contribution < -0.4 is 11.3 Å². The fraction of sp³-hybridized carbons (Fsp3) is 0.118. The second kappa shape index (κ2) is 5.60. The molecule has 0 radical (unpaired) electrons. The van der Waals surface area contributed by atoms with Gasteiger partial charge in [0.25, 0.3) is 0 Å². The summed E-state index contributed by atoms with van der Waals surface area (Å²) in [5.41, 5.74) is 6.18. The molecule has 1 heterocycles. The number of hydrazine groups is 1. The quantitative estimate of drug-likeness (QED) is 0.572. The molecule has 0 aliphatic rings. The fourth-order valence-corrected chi connectivity index (χ4v) is 2.48. The van der Waals surface area contributed by atoms with Crippen LogP contribution in [0.2, 0.25) is 0 Å². The van der Waals surface area contributed by atoms with Crippen molar-refractivity contribution in [3.63, 3.8) is 0 Å². The first kappa shape index (κ1) is 13.7. The van der Waals surface area contributed by atoms with Gasteiger partial charge in [0.1, 0.15) is 5.82 Å². The van der Waals surface area contributed by atoms with E-state index in [4.69, 9.17) is 5.84 Å². The number of pyridine rings is 1. The Bertz CT molecular complexity index is 786. The minimum absolute atomic E-state index is 0.217. The molecule has 0 saturated heterocycles. The van der Waals surface area contributed by atoms with Crippen molar-refractivity contribution in [2.45, 2.75) is 13.0 Å². The van der Waals surface area contributed by atoms with Gasteiger partial charge in [-0.1, -0.05) is 30.3 Å². The van der Waals surface area contributed by atoms with Gasteiger partial charge in [-0.05, 0) is 41.8 Å². The summed E-state index contributed by atoms with van der Waals surface area (Å²) >= 11 is 0. The molecule has 1 aromatic heterocycles. The van der Waals surface area contributed by atoms with Crippen LogP contribution in [-0.2, 0) is 0 Å². The third-order valence-electron chi connectivity index (χ3n) is 3.63. The second-order valence-electron chi connectivity index (χ2n) is 5.07. The molecular formula is C17H16FN3. The molecule has 3 rings (SSSR count). The molecule has 0 amide bonds. The van der Waals surface area contributed by atoms with E-state index in [0.717, 1.165) is 22.0 Å². The minimum atomic E-state index is -0.221. The summed E-state index contributed by atoms with van der Waals surface area (Å²) in [6.07, 6.45) is 1.80. The van der Waals surface area contributed by atoms with Crippen LogP contribution in [0, 0.1) is 12.7 Å². The highest BCUT2D eigenvalue weighted by molar-refractivity contribution is 5.79. The summed E-state index contributed by atoms with van der Waals surface area (Å²) in [5, 5.41) is 1.05. The van der Waals surface area contributed by atoms with Crippen LogP contribution in [-0.4, -0.2) is 4.98 Å². The molecule has 3 aromatic rings. The van der Waals surface area contributed by atoms with Gasteiger partial charge in [0.15, 0.2) is 0 Å². The van der Waals surface area contributed by atoms with Gasteiger partial charge in [0.2, 0.25) is 0 Å². The topological polar surface area (TPSA) is 50.9 Å². The van der Waals surface area contributed by atoms with E-state index in [9.17, 15) is 4.39 Å². The van der Waals surface area contributed by atoms with E-state index in [2.05, 4.69) is 10.4 Å². The lowest BCUT2D eigenvalue weighted by Crippen LogP contribution is -2.29. The lowest BCUT2D eigenvalue weighted by molar-refractivity contribution is 0.607. The highest BCUT2D eigenvalue weighted by Gasteiger charge is 2.14. The zero-order valence-electron chi connectivity index (χ0n) is 11.7. The molecule has 21 heavy (non-hydrogen) atoms. The van der Waals surface area contributed by atoms with Crippen LogP contribution in [0.25, 0.3) is 10.9 Å². The number of aromatic nitrogens is 1. The number of hydrogen-bond donors (Lipinski definition) is 2. The summed E-state index contributed by atoms with van der Waals surface area (Å²) in [6.45, 7) is 1.74. The van der Waals surface area contributed by atoms with Crippen LogP contribution in [0.1, 0.15) is 22.7 Å². The van der Waals surface area contributed by atoms with Gasteiger partial charge >= 0.3 is 0 Å². The summed E-state index contributed by atoms with van der Waals surface area (Å²) < 4.78 is 13.4. The number of nitrogens with two attached hydrogens (primary N) is 1. The maximum Gasteiger partial charge on any atom is 0.126 e. The van der Waals surface area contributed by atoms with E-state index in [1.807, 2.05) is 30.3 Å². The van der Waals surface area contributed by atoms with Gasteiger partial charge in [-0.15, -0.1) is 0 Å². The van der Waals surface area contributed by atoms with Crippen LogP contribution in [0.15, 0.2) is 54.7 Å². The van der Waals surface area contributed by atoms with Gasteiger partial charge in [0, 0.05) is 11.6 Å². The van der Waals surface area contributed by atoms with Crippen LogP contribution in [0.3, 0.4) is 0 Å². The Hall–Kier alpha value is -2.30. The van der Waals surface area contributed by atoms with Gasteiger partial charge in [-0.2, -0.15) is 0 Å². The van der Waals surface area contributed by atoms with E-state index in [-0.39, 0.29) is 11.9 Å². The first-order chi connectivity index (χ1) is 10.2.